The van der Waals surface area contributed by atoms with E-state index in [0.29, 0.717) is 35.2 Å². The van der Waals surface area contributed by atoms with Crippen molar-refractivity contribution in [2.75, 3.05) is 35.5 Å². The van der Waals surface area contributed by atoms with Gasteiger partial charge in [0.25, 0.3) is 0 Å². The summed E-state index contributed by atoms with van der Waals surface area (Å²) in [6.45, 7) is 0. The second kappa shape index (κ2) is 12.4. The van der Waals surface area contributed by atoms with E-state index in [2.05, 4.69) is 0 Å². The van der Waals surface area contributed by atoms with E-state index >= 15 is 0 Å². The molecule has 0 saturated heterocycles. The molecule has 7 heteroatoms. The Bertz CT molecular complexity index is 1250. The zero-order valence-electron chi connectivity index (χ0n) is 21.0. The molecule has 0 unspecified atom stereocenters. The van der Waals surface area contributed by atoms with E-state index < -0.39 is 5.82 Å². The molecule has 0 aliphatic heterocycles. The number of rotatable bonds is 11. The van der Waals surface area contributed by atoms with Crippen molar-refractivity contribution in [3.63, 3.8) is 0 Å². The number of hydrogen-bond donors (Lipinski definition) is 0. The van der Waals surface area contributed by atoms with Gasteiger partial charge in [0.15, 0.2) is 28.8 Å². The summed E-state index contributed by atoms with van der Waals surface area (Å²) in [6, 6.07) is 13.0. The SMILES string of the molecule is COc1cc(/C=C\c2ccc(OC)c(OC)c2C/C=C\C(=O)c2cccc(F)c2)cc(OC)c1OC. The first-order valence-electron chi connectivity index (χ1n) is 11.1. The number of methoxy groups -OCH3 is 5. The number of benzene rings is 3. The van der Waals surface area contributed by atoms with E-state index in [0.717, 1.165) is 16.7 Å². The van der Waals surface area contributed by atoms with Gasteiger partial charge in [-0.1, -0.05) is 36.4 Å². The summed E-state index contributed by atoms with van der Waals surface area (Å²) >= 11 is 0. The van der Waals surface area contributed by atoms with Crippen LogP contribution in [0.2, 0.25) is 0 Å². The molecule has 0 aliphatic carbocycles. The number of ketones is 1. The van der Waals surface area contributed by atoms with Crippen molar-refractivity contribution < 1.29 is 32.9 Å². The molecular formula is C29H29FO6. The van der Waals surface area contributed by atoms with Crippen LogP contribution >= 0.6 is 0 Å². The van der Waals surface area contributed by atoms with Crippen LogP contribution in [0.3, 0.4) is 0 Å². The smallest absolute Gasteiger partial charge is 0.203 e. The average molecular weight is 493 g/mol. The summed E-state index contributed by atoms with van der Waals surface area (Å²) in [5.74, 6) is 1.99. The standard InChI is InChI=1S/C29H29FO6/c1-32-25-15-14-20(13-12-19-16-26(33-2)29(36-5)27(17-19)34-3)23(28(25)35-4)10-7-11-24(31)21-8-6-9-22(30)18-21/h6-9,11-18H,10H2,1-5H3/b11-7-,13-12-. The van der Waals surface area contributed by atoms with E-state index in [1.54, 1.807) is 47.7 Å². The van der Waals surface area contributed by atoms with Gasteiger partial charge in [-0.2, -0.15) is 0 Å². The summed E-state index contributed by atoms with van der Waals surface area (Å²) in [5, 5.41) is 0. The van der Waals surface area contributed by atoms with E-state index in [1.807, 2.05) is 36.4 Å². The zero-order valence-corrected chi connectivity index (χ0v) is 21.0. The summed E-state index contributed by atoms with van der Waals surface area (Å²) < 4.78 is 40.8. The predicted molar refractivity (Wildman–Crippen MR) is 138 cm³/mol. The number of hydrogen-bond acceptors (Lipinski definition) is 6. The molecule has 0 saturated carbocycles. The number of halogens is 1. The van der Waals surface area contributed by atoms with Gasteiger partial charge in [0.2, 0.25) is 5.75 Å². The number of allylic oxidation sites excluding steroid dienone is 2. The Kier molecular flexibility index (Phi) is 9.11. The van der Waals surface area contributed by atoms with Crippen LogP contribution in [0.15, 0.2) is 60.7 Å². The Morgan fingerprint density at radius 2 is 1.44 bits per heavy atom. The fourth-order valence-corrected chi connectivity index (χ4v) is 3.78. The third-order valence-corrected chi connectivity index (χ3v) is 5.53. The Balaban J connectivity index is 1.96. The van der Waals surface area contributed by atoms with Crippen molar-refractivity contribution in [1.82, 2.24) is 0 Å². The molecule has 188 valence electrons. The van der Waals surface area contributed by atoms with Crippen LogP contribution in [0, 0.1) is 5.82 Å². The summed E-state index contributed by atoms with van der Waals surface area (Å²) in [6.07, 6.45) is 7.38. The number of carbonyl (C=O) groups excluding carboxylic acids is 1. The highest BCUT2D eigenvalue weighted by molar-refractivity contribution is 6.04. The molecule has 3 aromatic rings. The van der Waals surface area contributed by atoms with Gasteiger partial charge in [0.05, 0.1) is 35.5 Å². The van der Waals surface area contributed by atoms with Crippen LogP contribution in [0.4, 0.5) is 4.39 Å². The Labute approximate surface area is 210 Å². The first kappa shape index (κ1) is 26.3. The summed E-state index contributed by atoms with van der Waals surface area (Å²) in [7, 11) is 7.81. The minimum atomic E-state index is -0.456. The molecule has 0 heterocycles. The first-order chi connectivity index (χ1) is 17.4. The molecule has 0 fully saturated rings. The Morgan fingerprint density at radius 3 is 2.03 bits per heavy atom. The van der Waals surface area contributed by atoms with Gasteiger partial charge in [-0.3, -0.25) is 4.79 Å². The van der Waals surface area contributed by atoms with Crippen LogP contribution in [0.25, 0.3) is 12.2 Å². The molecule has 0 aromatic heterocycles. The molecule has 6 nitrogen and oxygen atoms in total. The van der Waals surface area contributed by atoms with Gasteiger partial charge < -0.3 is 23.7 Å². The van der Waals surface area contributed by atoms with Crippen molar-refractivity contribution in [1.29, 1.82) is 0 Å². The molecular weight excluding hydrogens is 463 g/mol. The van der Waals surface area contributed by atoms with Crippen molar-refractivity contribution in [3.8, 4) is 28.7 Å². The Morgan fingerprint density at radius 1 is 0.778 bits per heavy atom. The van der Waals surface area contributed by atoms with E-state index in [1.165, 1.54) is 24.3 Å². The maximum Gasteiger partial charge on any atom is 0.203 e. The van der Waals surface area contributed by atoms with Gasteiger partial charge in [-0.15, -0.1) is 0 Å². The minimum absolute atomic E-state index is 0.284. The third kappa shape index (κ3) is 6.05. The molecule has 3 aromatic carbocycles. The highest BCUT2D eigenvalue weighted by Gasteiger charge is 2.15. The maximum atomic E-state index is 13.5. The molecule has 0 atom stereocenters. The molecule has 0 radical (unpaired) electrons. The number of carbonyl (C=O) groups is 1. The van der Waals surface area contributed by atoms with Crippen molar-refractivity contribution >= 4 is 17.9 Å². The van der Waals surface area contributed by atoms with Gasteiger partial charge in [-0.05, 0) is 54.0 Å². The minimum Gasteiger partial charge on any atom is -0.493 e. The van der Waals surface area contributed by atoms with Crippen molar-refractivity contribution in [3.05, 3.63) is 88.8 Å². The van der Waals surface area contributed by atoms with Crippen molar-refractivity contribution in [2.24, 2.45) is 0 Å². The Hall–Kier alpha value is -4.26. The second-order valence-corrected chi connectivity index (χ2v) is 7.64. The van der Waals surface area contributed by atoms with E-state index in [9.17, 15) is 9.18 Å². The van der Waals surface area contributed by atoms with Crippen molar-refractivity contribution in [2.45, 2.75) is 6.42 Å². The topological polar surface area (TPSA) is 63.2 Å². The van der Waals surface area contributed by atoms with Gasteiger partial charge >= 0.3 is 0 Å². The highest BCUT2D eigenvalue weighted by Crippen LogP contribution is 2.39. The number of ether oxygens (including phenoxy) is 5. The van der Waals surface area contributed by atoms with Gasteiger partial charge in [-0.25, -0.2) is 4.39 Å². The van der Waals surface area contributed by atoms with Crippen LogP contribution in [0.5, 0.6) is 28.7 Å². The van der Waals surface area contributed by atoms with E-state index in [4.69, 9.17) is 23.7 Å². The van der Waals surface area contributed by atoms with Crippen LogP contribution in [-0.4, -0.2) is 41.3 Å². The fourth-order valence-electron chi connectivity index (χ4n) is 3.78. The van der Waals surface area contributed by atoms with Gasteiger partial charge in [0.1, 0.15) is 5.82 Å². The predicted octanol–water partition coefficient (Wildman–Crippen LogP) is 6.02. The fraction of sp³-hybridized carbons (Fsp3) is 0.207. The lowest BCUT2D eigenvalue weighted by atomic mass is 10.00. The molecule has 0 N–H and O–H groups in total. The largest absolute Gasteiger partial charge is 0.493 e. The molecule has 0 spiro atoms. The maximum absolute atomic E-state index is 13.5. The highest BCUT2D eigenvalue weighted by atomic mass is 19.1. The van der Waals surface area contributed by atoms with Crippen LogP contribution < -0.4 is 23.7 Å². The zero-order chi connectivity index (χ0) is 26.1. The second-order valence-electron chi connectivity index (χ2n) is 7.64. The van der Waals surface area contributed by atoms with Crippen LogP contribution in [0.1, 0.15) is 27.0 Å². The molecule has 0 bridgehead atoms. The summed E-state index contributed by atoms with van der Waals surface area (Å²) in [5.41, 5.74) is 2.81. The average Bonchev–Trinajstić information content (AvgIpc) is 2.90. The molecule has 0 aliphatic rings. The lowest BCUT2D eigenvalue weighted by molar-refractivity contribution is 0.104. The lowest BCUT2D eigenvalue weighted by Crippen LogP contribution is -1.99. The molecule has 3 rings (SSSR count). The normalized spacial score (nSPS) is 11.1. The summed E-state index contributed by atoms with van der Waals surface area (Å²) in [4.78, 5) is 12.5. The monoisotopic (exact) mass is 492 g/mol. The third-order valence-electron chi connectivity index (χ3n) is 5.53. The first-order valence-corrected chi connectivity index (χ1v) is 11.1. The molecule has 36 heavy (non-hydrogen) atoms. The van der Waals surface area contributed by atoms with Gasteiger partial charge in [0, 0.05) is 11.1 Å². The lowest BCUT2D eigenvalue weighted by Gasteiger charge is -2.15. The quantitative estimate of drug-likeness (QED) is 0.185. The molecule has 0 amide bonds. The van der Waals surface area contributed by atoms with E-state index in [-0.39, 0.29) is 11.3 Å². The van der Waals surface area contributed by atoms with Crippen LogP contribution in [-0.2, 0) is 6.42 Å².